The second-order valence-electron chi connectivity index (χ2n) is 6.00. The molecule has 21 heavy (non-hydrogen) atoms. The highest BCUT2D eigenvalue weighted by molar-refractivity contribution is 5.85. The summed E-state index contributed by atoms with van der Waals surface area (Å²) in [5, 5.41) is 9.19. The highest BCUT2D eigenvalue weighted by atomic mass is 19.4. The molecule has 120 valence electrons. The zero-order valence-corrected chi connectivity index (χ0v) is 11.7. The normalized spacial score (nSPS) is 31.0. The average Bonchev–Trinajstić information content (AvgIpc) is 2.45. The number of carboxylic acids is 1. The van der Waals surface area contributed by atoms with Crippen molar-refractivity contribution in [3.63, 3.8) is 0 Å². The number of carboxylic acid groups (broad SMARTS) is 1. The molecule has 1 amide bonds. The second kappa shape index (κ2) is 6.23. The molecule has 4 nitrogen and oxygen atoms in total. The Hall–Kier alpha value is -1.27. The Bertz CT molecular complexity index is 411. The molecule has 0 aromatic carbocycles. The van der Waals surface area contributed by atoms with Gasteiger partial charge in [0.05, 0.1) is 17.8 Å². The molecule has 2 aliphatic rings. The summed E-state index contributed by atoms with van der Waals surface area (Å²) in [6, 6.07) is 0. The minimum Gasteiger partial charge on any atom is -0.481 e. The van der Waals surface area contributed by atoms with Crippen LogP contribution in [0, 0.1) is 17.8 Å². The summed E-state index contributed by atoms with van der Waals surface area (Å²) in [6.07, 6.45) is -1.52. The lowest BCUT2D eigenvalue weighted by Gasteiger charge is -2.38. The number of nitrogens with zero attached hydrogens (tertiary/aromatic N) is 1. The lowest BCUT2D eigenvalue weighted by molar-refractivity contribution is -0.189. The van der Waals surface area contributed by atoms with E-state index in [1.54, 1.807) is 0 Å². The number of amides is 1. The molecule has 1 unspecified atom stereocenters. The van der Waals surface area contributed by atoms with Crippen LogP contribution in [0.3, 0.4) is 0 Å². The van der Waals surface area contributed by atoms with E-state index in [0.29, 0.717) is 25.8 Å². The molecule has 1 aliphatic heterocycles. The molecular formula is C14H20F3NO3. The Labute approximate surface area is 121 Å². The molecule has 1 saturated heterocycles. The smallest absolute Gasteiger partial charge is 0.393 e. The predicted octanol–water partition coefficient (Wildman–Crippen LogP) is 2.68. The lowest BCUT2D eigenvalue weighted by Crippen LogP contribution is -2.49. The van der Waals surface area contributed by atoms with E-state index in [4.69, 9.17) is 0 Å². The van der Waals surface area contributed by atoms with Crippen LogP contribution >= 0.6 is 0 Å². The first-order chi connectivity index (χ1) is 9.80. The van der Waals surface area contributed by atoms with Crippen LogP contribution < -0.4 is 0 Å². The van der Waals surface area contributed by atoms with Gasteiger partial charge >= 0.3 is 12.1 Å². The van der Waals surface area contributed by atoms with E-state index in [2.05, 4.69) is 0 Å². The Morgan fingerprint density at radius 3 is 2.19 bits per heavy atom. The standard InChI is InChI=1S/C14H20F3NO3/c15-14(16,17)9-4-3-7-18(8-9)12(19)10-5-1-2-6-11(10)13(20)21/h9-11H,1-8H2,(H,20,21)/t9?,10-,11+/m1/s1. The number of rotatable bonds is 2. The van der Waals surface area contributed by atoms with Crippen molar-refractivity contribution in [1.82, 2.24) is 4.90 Å². The van der Waals surface area contributed by atoms with E-state index in [-0.39, 0.29) is 13.0 Å². The van der Waals surface area contributed by atoms with Crippen molar-refractivity contribution in [3.05, 3.63) is 0 Å². The SMILES string of the molecule is O=C(O)[C@H]1CCCC[C@H]1C(=O)N1CCCC(C(F)(F)F)C1. The van der Waals surface area contributed by atoms with Crippen molar-refractivity contribution in [2.45, 2.75) is 44.7 Å². The minimum atomic E-state index is -4.29. The monoisotopic (exact) mass is 307 g/mol. The van der Waals surface area contributed by atoms with Crippen molar-refractivity contribution in [2.75, 3.05) is 13.1 Å². The maximum atomic E-state index is 12.8. The maximum absolute atomic E-state index is 12.8. The number of carbonyl (C=O) groups excluding carboxylic acids is 1. The Kier molecular flexibility index (Phi) is 4.78. The summed E-state index contributed by atoms with van der Waals surface area (Å²) in [6.45, 7) is -0.0283. The fraction of sp³-hybridized carbons (Fsp3) is 0.857. The molecule has 1 N–H and O–H groups in total. The Balaban J connectivity index is 2.06. The van der Waals surface area contributed by atoms with E-state index >= 15 is 0 Å². The Morgan fingerprint density at radius 1 is 1.00 bits per heavy atom. The predicted molar refractivity (Wildman–Crippen MR) is 68.4 cm³/mol. The summed E-state index contributed by atoms with van der Waals surface area (Å²) in [4.78, 5) is 24.9. The van der Waals surface area contributed by atoms with Crippen LogP contribution in [0.5, 0.6) is 0 Å². The van der Waals surface area contributed by atoms with Gasteiger partial charge in [-0.2, -0.15) is 13.2 Å². The summed E-state index contributed by atoms with van der Waals surface area (Å²) < 4.78 is 38.4. The molecule has 1 saturated carbocycles. The average molecular weight is 307 g/mol. The number of aliphatic carboxylic acids is 1. The van der Waals surface area contributed by atoms with Crippen molar-refractivity contribution in [2.24, 2.45) is 17.8 Å². The van der Waals surface area contributed by atoms with Crippen LogP contribution in [-0.4, -0.2) is 41.1 Å². The molecule has 2 fully saturated rings. The molecule has 1 heterocycles. The fourth-order valence-corrected chi connectivity index (χ4v) is 3.40. The van der Waals surface area contributed by atoms with Gasteiger partial charge in [0.15, 0.2) is 0 Å². The van der Waals surface area contributed by atoms with E-state index in [9.17, 15) is 27.9 Å². The number of carbonyl (C=O) groups is 2. The van der Waals surface area contributed by atoms with Gasteiger partial charge in [-0.3, -0.25) is 9.59 Å². The van der Waals surface area contributed by atoms with Gasteiger partial charge in [-0.15, -0.1) is 0 Å². The molecule has 7 heteroatoms. The van der Waals surface area contributed by atoms with E-state index in [1.165, 1.54) is 4.90 Å². The van der Waals surface area contributed by atoms with E-state index < -0.39 is 35.8 Å². The summed E-state index contributed by atoms with van der Waals surface area (Å²) >= 11 is 0. The molecule has 2 rings (SSSR count). The molecule has 0 aromatic rings. The van der Waals surface area contributed by atoms with E-state index in [1.807, 2.05) is 0 Å². The van der Waals surface area contributed by atoms with Gasteiger partial charge in [0.25, 0.3) is 0 Å². The third-order valence-corrected chi connectivity index (χ3v) is 4.60. The first-order valence-electron chi connectivity index (χ1n) is 7.39. The van der Waals surface area contributed by atoms with Crippen molar-refractivity contribution in [3.8, 4) is 0 Å². The van der Waals surface area contributed by atoms with Gasteiger partial charge in [0.2, 0.25) is 5.91 Å². The van der Waals surface area contributed by atoms with Crippen LogP contribution in [0.2, 0.25) is 0 Å². The fourth-order valence-electron chi connectivity index (χ4n) is 3.40. The number of alkyl halides is 3. The summed E-state index contributed by atoms with van der Waals surface area (Å²) in [5.74, 6) is -4.32. The van der Waals surface area contributed by atoms with Crippen LogP contribution in [-0.2, 0) is 9.59 Å². The first-order valence-corrected chi connectivity index (χ1v) is 7.39. The Morgan fingerprint density at radius 2 is 1.62 bits per heavy atom. The molecule has 0 aromatic heterocycles. The maximum Gasteiger partial charge on any atom is 0.393 e. The zero-order valence-electron chi connectivity index (χ0n) is 11.7. The van der Waals surface area contributed by atoms with Gasteiger partial charge in [0, 0.05) is 13.1 Å². The van der Waals surface area contributed by atoms with Crippen molar-refractivity contribution >= 4 is 11.9 Å². The quantitative estimate of drug-likeness (QED) is 0.853. The topological polar surface area (TPSA) is 57.6 Å². The van der Waals surface area contributed by atoms with Gasteiger partial charge < -0.3 is 10.0 Å². The number of hydrogen-bond acceptors (Lipinski definition) is 2. The van der Waals surface area contributed by atoms with Crippen molar-refractivity contribution in [1.29, 1.82) is 0 Å². The summed E-state index contributed by atoms with van der Waals surface area (Å²) in [7, 11) is 0. The van der Waals surface area contributed by atoms with Gasteiger partial charge in [-0.25, -0.2) is 0 Å². The molecular weight excluding hydrogens is 287 g/mol. The highest BCUT2D eigenvalue weighted by Gasteiger charge is 2.45. The highest BCUT2D eigenvalue weighted by Crippen LogP contribution is 2.36. The van der Waals surface area contributed by atoms with Crippen LogP contribution in [0.4, 0.5) is 13.2 Å². The third kappa shape index (κ3) is 3.68. The minimum absolute atomic E-state index is 0.0420. The third-order valence-electron chi connectivity index (χ3n) is 4.60. The van der Waals surface area contributed by atoms with Crippen molar-refractivity contribution < 1.29 is 27.9 Å². The zero-order chi connectivity index (χ0) is 15.6. The lowest BCUT2D eigenvalue weighted by atomic mass is 9.78. The number of piperidine rings is 1. The van der Waals surface area contributed by atoms with Crippen LogP contribution in [0.1, 0.15) is 38.5 Å². The molecule has 0 radical (unpaired) electrons. The number of hydrogen-bond donors (Lipinski definition) is 1. The molecule has 1 aliphatic carbocycles. The second-order valence-corrected chi connectivity index (χ2v) is 6.00. The molecule has 3 atom stereocenters. The first kappa shape index (κ1) is 16.1. The molecule has 0 spiro atoms. The largest absolute Gasteiger partial charge is 0.481 e. The number of halogens is 3. The molecule has 0 bridgehead atoms. The van der Waals surface area contributed by atoms with Crippen LogP contribution in [0.25, 0.3) is 0 Å². The number of likely N-dealkylation sites (tertiary alicyclic amines) is 1. The van der Waals surface area contributed by atoms with E-state index in [0.717, 1.165) is 12.8 Å². The summed E-state index contributed by atoms with van der Waals surface area (Å²) in [5.41, 5.74) is 0. The van der Waals surface area contributed by atoms with Gasteiger partial charge in [-0.05, 0) is 25.7 Å². The van der Waals surface area contributed by atoms with Gasteiger partial charge in [0.1, 0.15) is 0 Å². The van der Waals surface area contributed by atoms with Crippen LogP contribution in [0.15, 0.2) is 0 Å². The van der Waals surface area contributed by atoms with Gasteiger partial charge in [-0.1, -0.05) is 12.8 Å².